The highest BCUT2D eigenvalue weighted by Crippen LogP contribution is 2.32. The maximum absolute atomic E-state index is 12.8. The highest BCUT2D eigenvalue weighted by molar-refractivity contribution is 7.88. The molecule has 1 aliphatic heterocycles. The zero-order chi connectivity index (χ0) is 18.6. The van der Waals surface area contributed by atoms with Crippen molar-refractivity contribution in [3.05, 3.63) is 35.4 Å². The van der Waals surface area contributed by atoms with E-state index in [-0.39, 0.29) is 11.8 Å². The van der Waals surface area contributed by atoms with Gasteiger partial charge in [-0.2, -0.15) is 0 Å². The first-order valence-electron chi connectivity index (χ1n) is 9.76. The van der Waals surface area contributed by atoms with Crippen LogP contribution in [-0.4, -0.2) is 45.1 Å². The Morgan fingerprint density at radius 1 is 1.08 bits per heavy atom. The fraction of sp³-hybridized carbons (Fsp3) is 0.650. The monoisotopic (exact) mass is 378 g/mol. The fourth-order valence-corrected chi connectivity index (χ4v) is 4.74. The van der Waals surface area contributed by atoms with Crippen LogP contribution >= 0.6 is 0 Å². The van der Waals surface area contributed by atoms with Crippen LogP contribution in [-0.2, 0) is 10.0 Å². The molecule has 0 bridgehead atoms. The van der Waals surface area contributed by atoms with E-state index in [2.05, 4.69) is 16.9 Å². The quantitative estimate of drug-likeness (QED) is 0.856. The van der Waals surface area contributed by atoms with E-state index in [4.69, 9.17) is 0 Å². The van der Waals surface area contributed by atoms with Crippen molar-refractivity contribution in [1.82, 2.24) is 9.62 Å². The van der Waals surface area contributed by atoms with Gasteiger partial charge in [0.15, 0.2) is 0 Å². The molecule has 0 radical (unpaired) electrons. The Hall–Kier alpha value is -1.40. The number of hydrogen-bond donors (Lipinski definition) is 1. The number of benzene rings is 1. The normalized spacial score (nSPS) is 22.3. The van der Waals surface area contributed by atoms with Crippen LogP contribution in [0.1, 0.15) is 66.8 Å². The van der Waals surface area contributed by atoms with Crippen molar-refractivity contribution in [2.24, 2.45) is 5.92 Å². The maximum atomic E-state index is 12.8. The summed E-state index contributed by atoms with van der Waals surface area (Å²) in [6, 6.07) is 8.17. The molecule has 5 nitrogen and oxygen atoms in total. The van der Waals surface area contributed by atoms with Gasteiger partial charge in [-0.3, -0.25) is 4.79 Å². The first-order chi connectivity index (χ1) is 12.4. The van der Waals surface area contributed by atoms with Gasteiger partial charge >= 0.3 is 0 Å². The number of amides is 1. The van der Waals surface area contributed by atoms with E-state index in [0.717, 1.165) is 24.9 Å². The second-order valence-corrected chi connectivity index (χ2v) is 9.67. The Labute approximate surface area is 157 Å². The number of piperidine rings is 1. The molecule has 0 spiro atoms. The van der Waals surface area contributed by atoms with Gasteiger partial charge in [-0.1, -0.05) is 31.4 Å². The predicted octanol–water partition coefficient (Wildman–Crippen LogP) is 3.14. The van der Waals surface area contributed by atoms with Gasteiger partial charge in [0.1, 0.15) is 0 Å². The summed E-state index contributed by atoms with van der Waals surface area (Å²) in [5.74, 6) is 0.891. The van der Waals surface area contributed by atoms with Crippen LogP contribution in [0.25, 0.3) is 0 Å². The summed E-state index contributed by atoms with van der Waals surface area (Å²) in [4.78, 5) is 14.7. The minimum atomic E-state index is -3.18. The molecule has 2 fully saturated rings. The molecule has 1 aromatic rings. The average molecular weight is 379 g/mol. The Morgan fingerprint density at radius 3 is 2.42 bits per heavy atom. The average Bonchev–Trinajstić information content (AvgIpc) is 2.66. The second kappa shape index (κ2) is 8.53. The number of sulfonamides is 1. The van der Waals surface area contributed by atoms with Crippen molar-refractivity contribution >= 4 is 15.9 Å². The lowest BCUT2D eigenvalue weighted by atomic mass is 9.84. The highest BCUT2D eigenvalue weighted by Gasteiger charge is 2.25. The van der Waals surface area contributed by atoms with Crippen molar-refractivity contribution in [2.75, 3.05) is 25.9 Å². The molecule has 1 amide bonds. The maximum Gasteiger partial charge on any atom is 0.253 e. The number of carbonyl (C=O) groups is 1. The number of hydrogen-bond acceptors (Lipinski definition) is 3. The molecule has 1 saturated heterocycles. The fourth-order valence-electron chi connectivity index (χ4n) is 4.20. The second-order valence-electron chi connectivity index (χ2n) is 7.84. The zero-order valence-electron chi connectivity index (χ0n) is 15.6. The summed E-state index contributed by atoms with van der Waals surface area (Å²) in [6.45, 7) is 1.77. The van der Waals surface area contributed by atoms with E-state index < -0.39 is 10.0 Å². The first kappa shape index (κ1) is 19.4. The molecule has 26 heavy (non-hydrogen) atoms. The van der Waals surface area contributed by atoms with Gasteiger partial charge in [0.2, 0.25) is 10.0 Å². The van der Waals surface area contributed by atoms with Crippen LogP contribution in [0.4, 0.5) is 0 Å². The van der Waals surface area contributed by atoms with E-state index in [0.29, 0.717) is 19.0 Å². The first-order valence-corrected chi connectivity index (χ1v) is 11.7. The molecule has 0 aromatic heterocycles. The van der Waals surface area contributed by atoms with Crippen LogP contribution in [0.5, 0.6) is 0 Å². The van der Waals surface area contributed by atoms with Crippen molar-refractivity contribution in [3.8, 4) is 0 Å². The Morgan fingerprint density at radius 2 is 1.77 bits per heavy atom. The number of nitrogens with one attached hydrogen (secondary N) is 1. The molecule has 6 heteroatoms. The molecule has 1 heterocycles. The van der Waals surface area contributed by atoms with Gasteiger partial charge in [-0.25, -0.2) is 13.1 Å². The van der Waals surface area contributed by atoms with Crippen molar-refractivity contribution in [3.63, 3.8) is 0 Å². The van der Waals surface area contributed by atoms with E-state index in [9.17, 15) is 13.2 Å². The summed E-state index contributed by atoms with van der Waals surface area (Å²) in [5, 5.41) is 0. The van der Waals surface area contributed by atoms with Crippen molar-refractivity contribution < 1.29 is 13.2 Å². The van der Waals surface area contributed by atoms with E-state index in [1.165, 1.54) is 43.9 Å². The lowest BCUT2D eigenvalue weighted by Gasteiger charge is -2.33. The minimum Gasteiger partial charge on any atom is -0.338 e. The van der Waals surface area contributed by atoms with Crippen molar-refractivity contribution in [1.29, 1.82) is 0 Å². The molecule has 1 unspecified atom stereocenters. The van der Waals surface area contributed by atoms with E-state index in [1.54, 1.807) is 0 Å². The van der Waals surface area contributed by atoms with E-state index >= 15 is 0 Å². The standard InChI is InChI=1S/C20H30N2O3S/c1-26(24,25)21-14-16-6-5-13-22(15-16)20(23)19-11-9-18(10-12-19)17-7-3-2-4-8-17/h9-12,16-17,21H,2-8,13-15H2,1H3. The Bertz CT molecular complexity index is 709. The number of likely N-dealkylation sites (tertiary alicyclic amines) is 1. The SMILES string of the molecule is CS(=O)(=O)NCC1CCCN(C(=O)c2ccc(C3CCCCC3)cc2)C1. The zero-order valence-corrected chi connectivity index (χ0v) is 16.4. The molecule has 3 rings (SSSR count). The largest absolute Gasteiger partial charge is 0.338 e. The molecule has 144 valence electrons. The Kier molecular flexibility index (Phi) is 6.35. The molecular weight excluding hydrogens is 348 g/mol. The predicted molar refractivity (Wildman–Crippen MR) is 104 cm³/mol. The summed E-state index contributed by atoms with van der Waals surface area (Å²) in [6.07, 6.45) is 9.52. The molecule has 1 atom stereocenters. The van der Waals surface area contributed by atoms with Gasteiger partial charge in [0, 0.05) is 25.2 Å². The van der Waals surface area contributed by atoms with Gasteiger partial charge in [-0.15, -0.1) is 0 Å². The summed E-state index contributed by atoms with van der Waals surface area (Å²) < 4.78 is 25.1. The summed E-state index contributed by atoms with van der Waals surface area (Å²) in [5.41, 5.74) is 2.09. The van der Waals surface area contributed by atoms with Crippen LogP contribution < -0.4 is 4.72 Å². The summed E-state index contributed by atoms with van der Waals surface area (Å²) in [7, 11) is -3.18. The third kappa shape index (κ3) is 5.30. The Balaban J connectivity index is 1.59. The van der Waals surface area contributed by atoms with Gasteiger partial charge in [-0.05, 0) is 55.2 Å². The van der Waals surface area contributed by atoms with Crippen LogP contribution in [0.3, 0.4) is 0 Å². The lowest BCUT2D eigenvalue weighted by Crippen LogP contribution is -2.43. The van der Waals surface area contributed by atoms with Gasteiger partial charge in [0.25, 0.3) is 5.91 Å². The summed E-state index contributed by atoms with van der Waals surface area (Å²) >= 11 is 0. The number of nitrogens with zero attached hydrogens (tertiary/aromatic N) is 1. The number of carbonyl (C=O) groups excluding carboxylic acids is 1. The van der Waals surface area contributed by atoms with E-state index in [1.807, 2.05) is 17.0 Å². The molecular formula is C20H30N2O3S. The van der Waals surface area contributed by atoms with Crippen LogP contribution in [0, 0.1) is 5.92 Å². The topological polar surface area (TPSA) is 66.5 Å². The van der Waals surface area contributed by atoms with Crippen LogP contribution in [0.2, 0.25) is 0 Å². The van der Waals surface area contributed by atoms with Gasteiger partial charge < -0.3 is 4.90 Å². The van der Waals surface area contributed by atoms with Crippen LogP contribution in [0.15, 0.2) is 24.3 Å². The lowest BCUT2D eigenvalue weighted by molar-refractivity contribution is 0.0676. The molecule has 1 aliphatic carbocycles. The number of rotatable bonds is 5. The molecule has 2 aliphatic rings. The van der Waals surface area contributed by atoms with Crippen molar-refractivity contribution in [2.45, 2.75) is 50.9 Å². The molecule has 1 saturated carbocycles. The minimum absolute atomic E-state index is 0.0595. The highest BCUT2D eigenvalue weighted by atomic mass is 32.2. The molecule has 1 N–H and O–H groups in total. The third-order valence-electron chi connectivity index (χ3n) is 5.67. The van der Waals surface area contributed by atoms with Gasteiger partial charge in [0.05, 0.1) is 6.26 Å². The molecule has 1 aromatic carbocycles. The third-order valence-corrected chi connectivity index (χ3v) is 6.37. The smallest absolute Gasteiger partial charge is 0.253 e.